The van der Waals surface area contributed by atoms with Gasteiger partial charge >= 0.3 is 17.9 Å². The summed E-state index contributed by atoms with van der Waals surface area (Å²) in [5.41, 5.74) is 0. The van der Waals surface area contributed by atoms with Gasteiger partial charge in [-0.3, -0.25) is 14.4 Å². The van der Waals surface area contributed by atoms with Crippen LogP contribution in [0.1, 0.15) is 336 Å². The fourth-order valence-corrected chi connectivity index (χ4v) is 9.20. The molecule has 6 heteroatoms. The molecule has 0 aromatic heterocycles. The van der Waals surface area contributed by atoms with Gasteiger partial charge < -0.3 is 14.2 Å². The predicted octanol–water partition coefficient (Wildman–Crippen LogP) is 19.7. The van der Waals surface area contributed by atoms with E-state index in [1.807, 2.05) is 0 Å². The third-order valence-electron chi connectivity index (χ3n) is 14.1. The van der Waals surface area contributed by atoms with E-state index >= 15 is 0 Å². The van der Waals surface area contributed by atoms with E-state index in [1.54, 1.807) is 0 Å². The maximum absolute atomic E-state index is 12.9. The lowest BCUT2D eigenvalue weighted by Crippen LogP contribution is -2.30. The van der Waals surface area contributed by atoms with E-state index in [2.05, 4.69) is 34.6 Å². The third-order valence-corrected chi connectivity index (χ3v) is 14.1. The molecule has 0 bridgehead atoms. The maximum atomic E-state index is 12.9. The van der Waals surface area contributed by atoms with Crippen molar-refractivity contribution in [1.82, 2.24) is 0 Å². The Kier molecular flexibility index (Phi) is 51.5. The standard InChI is InChI=1S/C60H116O6/c1-6-8-9-10-11-12-13-14-17-21-24-30-35-40-45-50-58(61)64-53-57(66-60(63)52-47-42-37-32-27-26-29-34-39-44-49-56(5)7-2)54-65-59(62)51-46-41-36-31-25-22-19-16-15-18-20-23-28-33-38-43-48-55(3)4/h55-57H,6-54H2,1-5H3/t56?,57-/m0/s1. The van der Waals surface area contributed by atoms with Crippen LogP contribution in [0.25, 0.3) is 0 Å². The Bertz CT molecular complexity index is 1010. The minimum atomic E-state index is -0.763. The fraction of sp³-hybridized carbons (Fsp3) is 0.950. The Balaban J connectivity index is 4.28. The first kappa shape index (κ1) is 64.4. The third kappa shape index (κ3) is 51.8. The van der Waals surface area contributed by atoms with Gasteiger partial charge in [-0.1, -0.05) is 298 Å². The molecule has 392 valence electrons. The molecule has 0 radical (unpaired) electrons. The second-order valence-corrected chi connectivity index (χ2v) is 21.4. The lowest BCUT2D eigenvalue weighted by atomic mass is 9.99. The Labute approximate surface area is 412 Å². The minimum Gasteiger partial charge on any atom is -0.462 e. The average molecular weight is 934 g/mol. The first-order valence-electron chi connectivity index (χ1n) is 29.8. The molecule has 6 nitrogen and oxygen atoms in total. The van der Waals surface area contributed by atoms with Crippen molar-refractivity contribution in [2.45, 2.75) is 343 Å². The van der Waals surface area contributed by atoms with Crippen LogP contribution in [0.4, 0.5) is 0 Å². The topological polar surface area (TPSA) is 78.9 Å². The van der Waals surface area contributed by atoms with Crippen LogP contribution in [-0.4, -0.2) is 37.2 Å². The molecule has 0 rings (SSSR count). The van der Waals surface area contributed by atoms with Gasteiger partial charge in [0.2, 0.25) is 0 Å². The van der Waals surface area contributed by atoms with Crippen LogP contribution in [0.5, 0.6) is 0 Å². The summed E-state index contributed by atoms with van der Waals surface area (Å²) in [6, 6.07) is 0. The summed E-state index contributed by atoms with van der Waals surface area (Å²) in [7, 11) is 0. The van der Waals surface area contributed by atoms with Crippen molar-refractivity contribution >= 4 is 17.9 Å². The van der Waals surface area contributed by atoms with E-state index in [9.17, 15) is 14.4 Å². The number of hydrogen-bond donors (Lipinski definition) is 0. The lowest BCUT2D eigenvalue weighted by molar-refractivity contribution is -0.167. The molecule has 0 fully saturated rings. The smallest absolute Gasteiger partial charge is 0.306 e. The Hall–Kier alpha value is -1.59. The van der Waals surface area contributed by atoms with Crippen LogP contribution in [0.15, 0.2) is 0 Å². The van der Waals surface area contributed by atoms with Gasteiger partial charge in [0.15, 0.2) is 6.10 Å². The second kappa shape index (κ2) is 52.8. The Morgan fingerprint density at radius 1 is 0.318 bits per heavy atom. The highest BCUT2D eigenvalue weighted by molar-refractivity contribution is 5.71. The summed E-state index contributed by atoms with van der Waals surface area (Å²) < 4.78 is 16.9. The van der Waals surface area contributed by atoms with Gasteiger partial charge in [-0.25, -0.2) is 0 Å². The number of rotatable bonds is 54. The Morgan fingerprint density at radius 3 is 0.864 bits per heavy atom. The van der Waals surface area contributed by atoms with E-state index in [-0.39, 0.29) is 31.1 Å². The highest BCUT2D eigenvalue weighted by atomic mass is 16.6. The van der Waals surface area contributed by atoms with Crippen LogP contribution in [-0.2, 0) is 28.6 Å². The molecule has 0 spiro atoms. The van der Waals surface area contributed by atoms with Gasteiger partial charge in [0.05, 0.1) is 0 Å². The van der Waals surface area contributed by atoms with Crippen molar-refractivity contribution in [2.75, 3.05) is 13.2 Å². The van der Waals surface area contributed by atoms with E-state index in [4.69, 9.17) is 14.2 Å². The zero-order chi connectivity index (χ0) is 48.2. The molecule has 0 saturated heterocycles. The van der Waals surface area contributed by atoms with Gasteiger partial charge in [-0.2, -0.15) is 0 Å². The van der Waals surface area contributed by atoms with Crippen LogP contribution < -0.4 is 0 Å². The zero-order valence-electron chi connectivity index (χ0n) is 45.3. The monoisotopic (exact) mass is 933 g/mol. The average Bonchev–Trinajstić information content (AvgIpc) is 3.30. The van der Waals surface area contributed by atoms with E-state index in [0.717, 1.165) is 69.6 Å². The van der Waals surface area contributed by atoms with Gasteiger partial charge in [0, 0.05) is 19.3 Å². The summed E-state index contributed by atoms with van der Waals surface area (Å²) in [6.45, 7) is 11.5. The quantitative estimate of drug-likeness (QED) is 0.0343. The predicted molar refractivity (Wildman–Crippen MR) is 284 cm³/mol. The summed E-state index contributed by atoms with van der Waals surface area (Å²) in [5, 5.41) is 0. The van der Waals surface area contributed by atoms with Gasteiger partial charge in [0.1, 0.15) is 13.2 Å². The molecule has 0 amide bonds. The second-order valence-electron chi connectivity index (χ2n) is 21.4. The van der Waals surface area contributed by atoms with Gasteiger partial charge in [-0.15, -0.1) is 0 Å². The molecule has 0 N–H and O–H groups in total. The lowest BCUT2D eigenvalue weighted by Gasteiger charge is -2.18. The minimum absolute atomic E-state index is 0.0626. The van der Waals surface area contributed by atoms with Gasteiger partial charge in [0.25, 0.3) is 0 Å². The Morgan fingerprint density at radius 2 is 0.576 bits per heavy atom. The number of carbonyl (C=O) groups excluding carboxylic acids is 3. The number of unbranched alkanes of at least 4 members (excludes halogenated alkanes) is 38. The number of esters is 3. The molecule has 2 atom stereocenters. The number of carbonyl (C=O) groups is 3. The van der Waals surface area contributed by atoms with Crippen molar-refractivity contribution in [3.8, 4) is 0 Å². The summed E-state index contributed by atoms with van der Waals surface area (Å²) in [5.74, 6) is 0.883. The number of ether oxygens (including phenoxy) is 3. The molecule has 0 aliphatic rings. The molecule has 0 heterocycles. The van der Waals surface area contributed by atoms with Crippen molar-refractivity contribution in [3.63, 3.8) is 0 Å². The van der Waals surface area contributed by atoms with E-state index in [0.29, 0.717) is 19.3 Å². The molecule has 0 aromatic rings. The van der Waals surface area contributed by atoms with E-state index < -0.39 is 6.10 Å². The van der Waals surface area contributed by atoms with Crippen LogP contribution >= 0.6 is 0 Å². The normalized spacial score (nSPS) is 12.5. The highest BCUT2D eigenvalue weighted by Crippen LogP contribution is 2.19. The first-order chi connectivity index (χ1) is 32.3. The number of hydrogen-bond acceptors (Lipinski definition) is 6. The van der Waals surface area contributed by atoms with Gasteiger partial charge in [-0.05, 0) is 31.1 Å². The molecule has 1 unspecified atom stereocenters. The molecule has 0 aliphatic carbocycles. The van der Waals surface area contributed by atoms with Crippen LogP contribution in [0.2, 0.25) is 0 Å². The highest BCUT2D eigenvalue weighted by Gasteiger charge is 2.19. The van der Waals surface area contributed by atoms with Crippen LogP contribution in [0.3, 0.4) is 0 Å². The van der Waals surface area contributed by atoms with Crippen LogP contribution in [0, 0.1) is 11.8 Å². The zero-order valence-corrected chi connectivity index (χ0v) is 45.3. The molecule has 66 heavy (non-hydrogen) atoms. The molecule has 0 aliphatic heterocycles. The summed E-state index contributed by atoms with van der Waals surface area (Å²) in [6.07, 6.45) is 56.6. The molecule has 0 aromatic carbocycles. The van der Waals surface area contributed by atoms with Crippen molar-refractivity contribution in [3.05, 3.63) is 0 Å². The molecular weight excluding hydrogens is 817 g/mol. The van der Waals surface area contributed by atoms with Crippen molar-refractivity contribution < 1.29 is 28.6 Å². The SMILES string of the molecule is CCCCCCCCCCCCCCCCCC(=O)OC[C@@H](COC(=O)CCCCCCCCCCCCCCCCCCC(C)C)OC(=O)CCCCCCCCCCCCC(C)CC. The van der Waals surface area contributed by atoms with Crippen molar-refractivity contribution in [2.24, 2.45) is 11.8 Å². The molecule has 0 saturated carbocycles. The molecular formula is C60H116O6. The summed E-state index contributed by atoms with van der Waals surface area (Å²) in [4.78, 5) is 38.2. The summed E-state index contributed by atoms with van der Waals surface area (Å²) >= 11 is 0. The fourth-order valence-electron chi connectivity index (χ4n) is 9.20. The van der Waals surface area contributed by atoms with Crippen molar-refractivity contribution in [1.29, 1.82) is 0 Å². The largest absolute Gasteiger partial charge is 0.462 e. The maximum Gasteiger partial charge on any atom is 0.306 e. The first-order valence-corrected chi connectivity index (χ1v) is 29.8. The van der Waals surface area contributed by atoms with E-state index in [1.165, 1.54) is 225 Å².